The maximum absolute atomic E-state index is 7.01. The first kappa shape index (κ1) is 23.9. The van der Waals surface area contributed by atoms with Gasteiger partial charge in [0.1, 0.15) is 18.5 Å². The van der Waals surface area contributed by atoms with Crippen molar-refractivity contribution in [3.8, 4) is 22.8 Å². The van der Waals surface area contributed by atoms with Crippen molar-refractivity contribution in [3.63, 3.8) is 0 Å². The average molecular weight is 467 g/mol. The predicted octanol–water partition coefficient (Wildman–Crippen LogP) is 8.69. The highest BCUT2D eigenvalue weighted by molar-refractivity contribution is 6.07. The van der Waals surface area contributed by atoms with Crippen LogP contribution in [-0.2, 0) is 19.9 Å². The minimum absolute atomic E-state index is 0.141. The molecule has 182 valence electrons. The van der Waals surface area contributed by atoms with E-state index in [2.05, 4.69) is 110 Å². The molecule has 1 aliphatic heterocycles. The molecule has 0 spiro atoms. The lowest BCUT2D eigenvalue weighted by Crippen LogP contribution is -2.33. The first-order valence-electron chi connectivity index (χ1n) is 12.9. The van der Waals surface area contributed by atoms with E-state index in [0.29, 0.717) is 0 Å². The standard InChI is InChI=1S/C33H40NO/c1-19-11-12-23-21(3)28-30-29-24(20(2)18-34(30)10)14-22(16-32(4,5)6)15-27(29)35-31(28)26(25(23)13-19)17-33(7,8)9/h11-15,18H,16-17H2,1-10H3/q+1. The summed E-state index contributed by atoms with van der Waals surface area (Å²) in [4.78, 5) is 0. The fraction of sp³-hybridized carbons (Fsp3) is 0.424. The van der Waals surface area contributed by atoms with Crippen molar-refractivity contribution >= 4 is 21.5 Å². The van der Waals surface area contributed by atoms with Crippen molar-refractivity contribution in [2.45, 2.75) is 75.2 Å². The van der Waals surface area contributed by atoms with Crippen molar-refractivity contribution in [1.29, 1.82) is 0 Å². The molecule has 4 aromatic rings. The molecule has 1 aliphatic rings. The van der Waals surface area contributed by atoms with E-state index in [0.717, 1.165) is 24.3 Å². The number of aromatic nitrogens is 1. The van der Waals surface area contributed by atoms with Gasteiger partial charge in [-0.1, -0.05) is 71.4 Å². The summed E-state index contributed by atoms with van der Waals surface area (Å²) in [5.74, 6) is 2.06. The third kappa shape index (κ3) is 4.11. The monoisotopic (exact) mass is 466 g/mol. The van der Waals surface area contributed by atoms with Gasteiger partial charge < -0.3 is 4.74 Å². The van der Waals surface area contributed by atoms with Gasteiger partial charge in [0.25, 0.3) is 0 Å². The molecule has 0 atom stereocenters. The minimum Gasteiger partial charge on any atom is -0.455 e. The Morgan fingerprint density at radius 1 is 0.800 bits per heavy atom. The van der Waals surface area contributed by atoms with Gasteiger partial charge >= 0.3 is 0 Å². The molecule has 0 radical (unpaired) electrons. The molecule has 5 rings (SSSR count). The Bertz CT molecular complexity index is 1510. The summed E-state index contributed by atoms with van der Waals surface area (Å²) >= 11 is 0. The number of benzene rings is 3. The highest BCUT2D eigenvalue weighted by Crippen LogP contribution is 2.52. The van der Waals surface area contributed by atoms with E-state index in [1.54, 1.807) is 0 Å². The first-order chi connectivity index (χ1) is 16.2. The average Bonchev–Trinajstić information content (AvgIpc) is 2.71. The fourth-order valence-corrected chi connectivity index (χ4v) is 5.95. The maximum Gasteiger partial charge on any atom is 0.228 e. The van der Waals surface area contributed by atoms with Gasteiger partial charge in [0.15, 0.2) is 6.20 Å². The SMILES string of the molecule is Cc1ccc2c(C)c3c(c(CC(C)(C)C)c2c1)Oc1cc(CC(C)(C)C)cc2c(C)c[n+](C)c-3c12. The number of ether oxygens (including phenoxy) is 1. The number of fused-ring (bicyclic) bond motifs is 3. The first-order valence-corrected chi connectivity index (χ1v) is 12.9. The molecule has 0 N–H and O–H groups in total. The van der Waals surface area contributed by atoms with Gasteiger partial charge in [0, 0.05) is 16.5 Å². The summed E-state index contributed by atoms with van der Waals surface area (Å²) < 4.78 is 9.33. The van der Waals surface area contributed by atoms with Crippen LogP contribution in [0.15, 0.2) is 36.5 Å². The zero-order valence-corrected chi connectivity index (χ0v) is 23.2. The van der Waals surface area contributed by atoms with Crippen LogP contribution in [0.1, 0.15) is 69.4 Å². The van der Waals surface area contributed by atoms with Crippen molar-refractivity contribution in [2.75, 3.05) is 0 Å². The van der Waals surface area contributed by atoms with Crippen molar-refractivity contribution in [1.82, 2.24) is 0 Å². The fourth-order valence-electron chi connectivity index (χ4n) is 5.95. The molecule has 2 heteroatoms. The van der Waals surface area contributed by atoms with E-state index in [-0.39, 0.29) is 10.8 Å². The number of hydrogen-bond donors (Lipinski definition) is 0. The van der Waals surface area contributed by atoms with E-state index >= 15 is 0 Å². The number of rotatable bonds is 2. The van der Waals surface area contributed by atoms with Crippen LogP contribution < -0.4 is 9.30 Å². The molecular weight excluding hydrogens is 426 g/mol. The molecule has 0 saturated heterocycles. The van der Waals surface area contributed by atoms with E-state index in [9.17, 15) is 0 Å². The Hall–Kier alpha value is -2.87. The van der Waals surface area contributed by atoms with Gasteiger partial charge in [-0.2, -0.15) is 4.57 Å². The minimum atomic E-state index is 0.141. The molecule has 0 aliphatic carbocycles. The second kappa shape index (κ2) is 7.82. The van der Waals surface area contributed by atoms with Crippen LogP contribution >= 0.6 is 0 Å². The second-order valence-electron chi connectivity index (χ2n) is 13.2. The van der Waals surface area contributed by atoms with Crippen molar-refractivity contribution < 1.29 is 9.30 Å². The van der Waals surface area contributed by atoms with E-state index in [4.69, 9.17) is 4.74 Å². The highest BCUT2D eigenvalue weighted by Gasteiger charge is 2.34. The van der Waals surface area contributed by atoms with E-state index in [1.807, 2.05) is 0 Å². The van der Waals surface area contributed by atoms with Gasteiger partial charge in [-0.3, -0.25) is 0 Å². The van der Waals surface area contributed by atoms with Crippen LogP contribution in [0.25, 0.3) is 32.8 Å². The topological polar surface area (TPSA) is 13.1 Å². The van der Waals surface area contributed by atoms with Gasteiger partial charge in [0.2, 0.25) is 5.69 Å². The van der Waals surface area contributed by atoms with Gasteiger partial charge in [-0.15, -0.1) is 0 Å². The van der Waals surface area contributed by atoms with Gasteiger partial charge in [0.05, 0.1) is 10.9 Å². The highest BCUT2D eigenvalue weighted by atomic mass is 16.5. The predicted molar refractivity (Wildman–Crippen MR) is 149 cm³/mol. The van der Waals surface area contributed by atoms with Gasteiger partial charge in [-0.25, -0.2) is 0 Å². The summed E-state index contributed by atoms with van der Waals surface area (Å²) in [5, 5.41) is 5.21. The summed E-state index contributed by atoms with van der Waals surface area (Å²) in [6.07, 6.45) is 4.28. The third-order valence-electron chi connectivity index (χ3n) is 7.23. The summed E-state index contributed by atoms with van der Waals surface area (Å²) in [7, 11) is 2.19. The normalized spacial score (nSPS) is 13.3. The zero-order valence-electron chi connectivity index (χ0n) is 23.2. The van der Waals surface area contributed by atoms with Crippen LogP contribution in [-0.4, -0.2) is 0 Å². The lowest BCUT2D eigenvalue weighted by Gasteiger charge is -2.29. The Kier molecular flexibility index (Phi) is 5.33. The third-order valence-corrected chi connectivity index (χ3v) is 7.23. The summed E-state index contributed by atoms with van der Waals surface area (Å²) in [6, 6.07) is 11.6. The largest absolute Gasteiger partial charge is 0.455 e. The quantitative estimate of drug-likeness (QED) is 0.237. The molecule has 1 aromatic heterocycles. The molecule has 3 aromatic carbocycles. The Balaban J connectivity index is 1.93. The molecule has 35 heavy (non-hydrogen) atoms. The molecule has 0 unspecified atom stereocenters. The van der Waals surface area contributed by atoms with Crippen LogP contribution in [0.2, 0.25) is 0 Å². The lowest BCUT2D eigenvalue weighted by molar-refractivity contribution is -0.659. The molecule has 0 bridgehead atoms. The van der Waals surface area contributed by atoms with Crippen molar-refractivity contribution in [3.05, 3.63) is 64.3 Å². The van der Waals surface area contributed by atoms with Crippen LogP contribution in [0.5, 0.6) is 11.5 Å². The number of nitrogens with zero attached hydrogens (tertiary/aromatic N) is 1. The van der Waals surface area contributed by atoms with Crippen LogP contribution in [0.3, 0.4) is 0 Å². The van der Waals surface area contributed by atoms with Gasteiger partial charge in [-0.05, 0) is 72.4 Å². The number of aryl methyl sites for hydroxylation is 4. The maximum atomic E-state index is 7.01. The Morgan fingerprint density at radius 3 is 2.14 bits per heavy atom. The number of pyridine rings is 1. The van der Waals surface area contributed by atoms with E-state index in [1.165, 1.54) is 60.6 Å². The molecular formula is C33H40NO+. The van der Waals surface area contributed by atoms with Crippen LogP contribution in [0.4, 0.5) is 0 Å². The molecule has 2 heterocycles. The van der Waals surface area contributed by atoms with Crippen LogP contribution in [0, 0.1) is 31.6 Å². The smallest absolute Gasteiger partial charge is 0.228 e. The molecule has 0 fully saturated rings. The Labute approximate surface area is 210 Å². The molecule has 0 saturated carbocycles. The molecule has 0 amide bonds. The zero-order chi connectivity index (χ0) is 25.4. The summed E-state index contributed by atoms with van der Waals surface area (Å²) in [6.45, 7) is 20.6. The van der Waals surface area contributed by atoms with Crippen molar-refractivity contribution in [2.24, 2.45) is 17.9 Å². The van der Waals surface area contributed by atoms with E-state index < -0.39 is 0 Å². The Morgan fingerprint density at radius 2 is 1.49 bits per heavy atom. The second-order valence-corrected chi connectivity index (χ2v) is 13.2. The lowest BCUT2D eigenvalue weighted by atomic mass is 9.81. The summed E-state index contributed by atoms with van der Waals surface area (Å²) in [5.41, 5.74) is 9.45. The molecule has 2 nitrogen and oxygen atoms in total. The number of hydrogen-bond acceptors (Lipinski definition) is 1.